The number of nitrogens with zero attached hydrogens (tertiary/aromatic N) is 2. The van der Waals surface area contributed by atoms with Crippen LogP contribution in [0.1, 0.15) is 39.5 Å². The van der Waals surface area contributed by atoms with E-state index in [9.17, 15) is 9.59 Å². The zero-order valence-electron chi connectivity index (χ0n) is 13.1. The van der Waals surface area contributed by atoms with Gasteiger partial charge < -0.3 is 14.5 Å². The summed E-state index contributed by atoms with van der Waals surface area (Å²) in [6.07, 6.45) is 5.31. The highest BCUT2D eigenvalue weighted by atomic mass is 16.5. The average molecular weight is 294 g/mol. The maximum atomic E-state index is 12.3. The van der Waals surface area contributed by atoms with Gasteiger partial charge in [-0.2, -0.15) is 0 Å². The maximum Gasteiger partial charge on any atom is 0.288 e. The fourth-order valence-electron chi connectivity index (χ4n) is 2.59. The first-order valence-corrected chi connectivity index (χ1v) is 7.98. The van der Waals surface area contributed by atoms with Gasteiger partial charge in [-0.25, -0.2) is 0 Å². The number of ether oxygens (including phenoxy) is 1. The molecule has 0 N–H and O–H groups in total. The van der Waals surface area contributed by atoms with Gasteiger partial charge in [0, 0.05) is 32.6 Å². The zero-order chi connectivity index (χ0) is 15.2. The molecule has 1 fully saturated rings. The lowest BCUT2D eigenvalue weighted by atomic mass is 10.1. The van der Waals surface area contributed by atoms with Crippen molar-refractivity contribution in [3.63, 3.8) is 0 Å². The van der Waals surface area contributed by atoms with Crippen LogP contribution in [0.25, 0.3) is 0 Å². The highest BCUT2D eigenvalue weighted by molar-refractivity contribution is 5.91. The minimum atomic E-state index is -0.0241. The molecule has 0 radical (unpaired) electrons. The number of piperazine rings is 1. The summed E-state index contributed by atoms with van der Waals surface area (Å²) in [6.45, 7) is 7.36. The first-order valence-electron chi connectivity index (χ1n) is 7.98. The molecule has 0 aromatic heterocycles. The smallest absolute Gasteiger partial charge is 0.288 e. The molecule has 0 unspecified atom stereocenters. The van der Waals surface area contributed by atoms with Crippen LogP contribution in [0.4, 0.5) is 0 Å². The lowest BCUT2D eigenvalue weighted by Gasteiger charge is -2.35. The minimum Gasteiger partial charge on any atom is -0.488 e. The Hall–Kier alpha value is -1.52. The second-order valence-corrected chi connectivity index (χ2v) is 6.16. The van der Waals surface area contributed by atoms with E-state index >= 15 is 0 Å². The van der Waals surface area contributed by atoms with Crippen molar-refractivity contribution in [2.75, 3.05) is 32.8 Å². The van der Waals surface area contributed by atoms with Crippen molar-refractivity contribution < 1.29 is 14.3 Å². The Bertz CT molecular complexity index is 410. The third-order valence-corrected chi connectivity index (χ3v) is 4.00. The van der Waals surface area contributed by atoms with Crippen LogP contribution in [-0.2, 0) is 14.3 Å². The third-order valence-electron chi connectivity index (χ3n) is 4.00. The molecule has 118 valence electrons. The Morgan fingerprint density at radius 3 is 2.43 bits per heavy atom. The van der Waals surface area contributed by atoms with Gasteiger partial charge in [-0.3, -0.25) is 9.59 Å². The maximum absolute atomic E-state index is 12.3. The SMILES string of the molecule is CC(C)CCC(=O)N1CCN(C(=O)C2=CCCCO2)CC1. The van der Waals surface area contributed by atoms with E-state index in [4.69, 9.17) is 4.74 Å². The van der Waals surface area contributed by atoms with E-state index in [1.807, 2.05) is 11.0 Å². The number of amides is 2. The van der Waals surface area contributed by atoms with E-state index in [0.717, 1.165) is 19.3 Å². The van der Waals surface area contributed by atoms with Gasteiger partial charge >= 0.3 is 0 Å². The highest BCUT2D eigenvalue weighted by Gasteiger charge is 2.27. The van der Waals surface area contributed by atoms with Crippen LogP contribution in [0.15, 0.2) is 11.8 Å². The second-order valence-electron chi connectivity index (χ2n) is 6.16. The molecule has 5 heteroatoms. The van der Waals surface area contributed by atoms with E-state index in [2.05, 4.69) is 13.8 Å². The lowest BCUT2D eigenvalue weighted by molar-refractivity contribution is -0.139. The van der Waals surface area contributed by atoms with E-state index in [1.54, 1.807) is 4.90 Å². The number of hydrogen-bond acceptors (Lipinski definition) is 3. The Labute approximate surface area is 126 Å². The van der Waals surface area contributed by atoms with Crippen LogP contribution in [-0.4, -0.2) is 54.4 Å². The number of allylic oxidation sites excluding steroid dienone is 1. The Morgan fingerprint density at radius 1 is 1.19 bits per heavy atom. The summed E-state index contributed by atoms with van der Waals surface area (Å²) in [4.78, 5) is 28.0. The van der Waals surface area contributed by atoms with Gasteiger partial charge in [0.15, 0.2) is 5.76 Å². The molecule has 0 aromatic rings. The zero-order valence-corrected chi connectivity index (χ0v) is 13.1. The third kappa shape index (κ3) is 4.48. The van der Waals surface area contributed by atoms with Crippen LogP contribution in [0, 0.1) is 5.92 Å². The van der Waals surface area contributed by atoms with Crippen LogP contribution in [0.3, 0.4) is 0 Å². The van der Waals surface area contributed by atoms with Crippen LogP contribution < -0.4 is 0 Å². The molecule has 2 rings (SSSR count). The lowest BCUT2D eigenvalue weighted by Crippen LogP contribution is -2.51. The summed E-state index contributed by atoms with van der Waals surface area (Å²) in [5, 5.41) is 0. The monoisotopic (exact) mass is 294 g/mol. The van der Waals surface area contributed by atoms with Gasteiger partial charge in [0.25, 0.3) is 5.91 Å². The van der Waals surface area contributed by atoms with Crippen molar-refractivity contribution in [1.82, 2.24) is 9.80 Å². The Balaban J connectivity index is 1.78. The standard InChI is InChI=1S/C16H26N2O3/c1-13(2)6-7-15(19)17-8-10-18(11-9-17)16(20)14-5-3-4-12-21-14/h5,13H,3-4,6-12H2,1-2H3. The van der Waals surface area contributed by atoms with Gasteiger partial charge in [0.1, 0.15) is 0 Å². The van der Waals surface area contributed by atoms with E-state index in [0.29, 0.717) is 50.9 Å². The first kappa shape index (κ1) is 15.9. The number of rotatable bonds is 4. The van der Waals surface area contributed by atoms with Crippen molar-refractivity contribution in [1.29, 1.82) is 0 Å². The molecular weight excluding hydrogens is 268 g/mol. The van der Waals surface area contributed by atoms with Crippen molar-refractivity contribution >= 4 is 11.8 Å². The molecular formula is C16H26N2O3. The number of carbonyl (C=O) groups excluding carboxylic acids is 2. The van der Waals surface area contributed by atoms with Gasteiger partial charge in [-0.05, 0) is 31.3 Å². The van der Waals surface area contributed by atoms with E-state index in [1.165, 1.54) is 0 Å². The summed E-state index contributed by atoms with van der Waals surface area (Å²) in [7, 11) is 0. The molecule has 0 bridgehead atoms. The number of carbonyl (C=O) groups is 2. The normalized spacial score (nSPS) is 19.3. The molecule has 0 spiro atoms. The van der Waals surface area contributed by atoms with Crippen molar-refractivity contribution in [3.05, 3.63) is 11.8 Å². The van der Waals surface area contributed by atoms with Crippen LogP contribution in [0.5, 0.6) is 0 Å². The van der Waals surface area contributed by atoms with Crippen molar-refractivity contribution in [3.8, 4) is 0 Å². The molecule has 5 nitrogen and oxygen atoms in total. The van der Waals surface area contributed by atoms with Crippen molar-refractivity contribution in [2.24, 2.45) is 5.92 Å². The predicted octanol–water partition coefficient (Wildman–Crippen LogP) is 1.79. The molecule has 2 aliphatic rings. The average Bonchev–Trinajstić information content (AvgIpc) is 2.53. The van der Waals surface area contributed by atoms with Crippen LogP contribution >= 0.6 is 0 Å². The molecule has 0 atom stereocenters. The molecule has 2 amide bonds. The first-order chi connectivity index (χ1) is 10.1. The summed E-state index contributed by atoms with van der Waals surface area (Å²) >= 11 is 0. The topological polar surface area (TPSA) is 49.9 Å². The second kappa shape index (κ2) is 7.48. The Morgan fingerprint density at radius 2 is 1.86 bits per heavy atom. The number of hydrogen-bond donors (Lipinski definition) is 0. The largest absolute Gasteiger partial charge is 0.488 e. The summed E-state index contributed by atoms with van der Waals surface area (Å²) in [5.41, 5.74) is 0. The molecule has 2 heterocycles. The van der Waals surface area contributed by atoms with E-state index in [-0.39, 0.29) is 11.8 Å². The predicted molar refractivity (Wildman–Crippen MR) is 80.5 cm³/mol. The van der Waals surface area contributed by atoms with E-state index < -0.39 is 0 Å². The summed E-state index contributed by atoms with van der Waals surface area (Å²) in [6, 6.07) is 0. The minimum absolute atomic E-state index is 0.0241. The molecule has 0 aliphatic carbocycles. The molecule has 0 aromatic carbocycles. The molecule has 0 saturated carbocycles. The molecule has 21 heavy (non-hydrogen) atoms. The summed E-state index contributed by atoms with van der Waals surface area (Å²) < 4.78 is 5.42. The van der Waals surface area contributed by atoms with Gasteiger partial charge in [0.05, 0.1) is 6.61 Å². The quantitative estimate of drug-likeness (QED) is 0.794. The van der Waals surface area contributed by atoms with Crippen molar-refractivity contribution in [2.45, 2.75) is 39.5 Å². The van der Waals surface area contributed by atoms with Gasteiger partial charge in [-0.1, -0.05) is 13.8 Å². The van der Waals surface area contributed by atoms with Crippen LogP contribution in [0.2, 0.25) is 0 Å². The molecule has 2 aliphatic heterocycles. The Kier molecular flexibility index (Phi) is 5.65. The fourth-order valence-corrected chi connectivity index (χ4v) is 2.59. The van der Waals surface area contributed by atoms with Gasteiger partial charge in [0.2, 0.25) is 5.91 Å². The molecule has 1 saturated heterocycles. The summed E-state index contributed by atoms with van der Waals surface area (Å²) in [5.74, 6) is 1.22. The highest BCUT2D eigenvalue weighted by Crippen LogP contribution is 2.15. The van der Waals surface area contributed by atoms with Gasteiger partial charge in [-0.15, -0.1) is 0 Å². The fraction of sp³-hybridized carbons (Fsp3) is 0.750.